The van der Waals surface area contributed by atoms with Crippen molar-refractivity contribution in [1.82, 2.24) is 78.5 Å². The van der Waals surface area contributed by atoms with Gasteiger partial charge in [-0.1, -0.05) is 113 Å². The van der Waals surface area contributed by atoms with Crippen LogP contribution in [0.1, 0.15) is 254 Å². The molecule has 0 aromatic rings. The number of piperazine rings is 1. The molecule has 1 saturated carbocycles. The van der Waals surface area contributed by atoms with Crippen LogP contribution in [0, 0.1) is 23.7 Å². The largest absolute Gasteiger partial charge is 0.481 e. The molecule has 4 unspecified atom stereocenters. The van der Waals surface area contributed by atoms with Gasteiger partial charge in [-0.3, -0.25) is 105 Å². The fraction of sp³-hybridized carbons (Fsp3) is 0.707. The lowest BCUT2D eigenvalue weighted by atomic mass is 9.83. The van der Waals surface area contributed by atoms with Crippen LogP contribution >= 0.6 is 0 Å². The molecule has 0 bridgehead atoms. The van der Waals surface area contributed by atoms with Crippen molar-refractivity contribution in [2.45, 2.75) is 343 Å². The summed E-state index contributed by atoms with van der Waals surface area (Å²) in [5.41, 5.74) is -2.66. The van der Waals surface area contributed by atoms with Gasteiger partial charge in [-0.15, -0.1) is 0 Å². The number of carbonyl (C=O) groups is 23. The summed E-state index contributed by atoms with van der Waals surface area (Å²) in [6.07, 6.45) is 3.83. The first kappa shape index (κ1) is 121. The molecule has 137 heavy (non-hydrogen) atoms. The molecule has 0 aromatic carbocycles. The Morgan fingerprint density at radius 3 is 1.12 bits per heavy atom. The number of hydrogen-bond acceptors (Lipinski definition) is 28. The zero-order valence-electron chi connectivity index (χ0n) is 82.6. The molecule has 2 aliphatic heterocycles. The van der Waals surface area contributed by atoms with Crippen LogP contribution in [0.2, 0.25) is 0 Å². The number of carboxylic acid groups (broad SMARTS) is 2. The molecule has 0 aromatic heterocycles. The maximum absolute atomic E-state index is 14.7. The molecule has 14 N–H and O–H groups in total. The Kier molecular flexibility index (Phi) is 51.8. The van der Waals surface area contributed by atoms with Crippen molar-refractivity contribution in [2.75, 3.05) is 52.5 Å². The van der Waals surface area contributed by atoms with Gasteiger partial charge in [-0.25, -0.2) is 4.79 Å². The summed E-state index contributed by atoms with van der Waals surface area (Å²) in [6.45, 7) is 35.0. The third-order valence-corrected chi connectivity index (χ3v) is 21.3. The topological polar surface area (TPSA) is 633 Å². The Labute approximate surface area is 799 Å². The van der Waals surface area contributed by atoms with Crippen LogP contribution < -0.4 is 63.8 Å². The lowest BCUT2D eigenvalue weighted by Gasteiger charge is -2.42. The molecule has 3 fully saturated rings. The van der Waals surface area contributed by atoms with Gasteiger partial charge in [0.15, 0.2) is 0 Å². The van der Waals surface area contributed by atoms with Gasteiger partial charge in [0.2, 0.25) is 82.5 Å². The highest BCUT2D eigenvalue weighted by Gasteiger charge is 2.47. The van der Waals surface area contributed by atoms with Crippen LogP contribution in [0.15, 0.2) is 25.3 Å². The van der Waals surface area contributed by atoms with Gasteiger partial charge in [0.05, 0.1) is 18.6 Å². The van der Waals surface area contributed by atoms with Crippen LogP contribution in [0.25, 0.3) is 0 Å². The molecule has 2 saturated heterocycles. The molecule has 12 atom stereocenters. The molecule has 0 spiro atoms. The number of amides is 15. The first-order valence-electron chi connectivity index (χ1n) is 46.4. The van der Waals surface area contributed by atoms with E-state index in [9.17, 15) is 115 Å². The average molecular weight is 1940 g/mol. The summed E-state index contributed by atoms with van der Waals surface area (Å²) >= 11 is 0. The standard InChI is InChI=1S/C51H84N8O16.C41H63N7O14/c1-17-19-32(41(64)46(69)52-27-38(63)72-26-18-2)54-44(67)35-28-58(48(71)75-51(14,15)16)24-25-59(35)47(70)40(30(5)6)57-45(68)39(29(3)4)56-43(66)34(21-23-37(62)74-50(11,12)13)55-42(65)33(53-31(7)60)20-22-36(61)73-49(8,9)10;1-6-12-26(35(55)40(60)42-22-32(54)62-21-7-2)44-38(58)29-15-11-20-48(29)41(61)34(25-13-9-8-10-14-25)47-39(59)33(23(3)4)46-37(57)28(17-19-31(52)53)45-36(56)27(43-24(5)49)16-18-30(50)51/h18,29-30,32-35,39-40H,2,17,19-28H2,1,3-16H3,(H,52,69)(H,53,60)(H,54,67)(H,55,65)(H,56,66)(H,57,68);7,23,25-29,33-34H,2,6,8-22H2,1,3-5H3,(H,42,60)(H,43,49)(H,44,58)(H,45,56)(H,46,57)(H,47,59)(H,50,51)(H,52,53)/t32?,33-,34-,35?,39-,40?;26?,27-,28-,29-,33-,34-/m00/s1. The second-order valence-electron chi connectivity index (χ2n) is 37.7. The van der Waals surface area contributed by atoms with Crippen molar-refractivity contribution < 1.29 is 144 Å². The van der Waals surface area contributed by atoms with Crippen LogP contribution in [0.3, 0.4) is 0 Å². The van der Waals surface area contributed by atoms with Crippen molar-refractivity contribution in [1.29, 1.82) is 0 Å². The molecular formula is C92H147N15O30. The number of rotatable bonds is 52. The highest BCUT2D eigenvalue weighted by Crippen LogP contribution is 2.31. The molecule has 45 heteroatoms. The summed E-state index contributed by atoms with van der Waals surface area (Å²) < 4.78 is 25.9. The molecule has 45 nitrogen and oxygen atoms in total. The van der Waals surface area contributed by atoms with Crippen molar-refractivity contribution in [3.8, 4) is 0 Å². The van der Waals surface area contributed by atoms with Crippen molar-refractivity contribution in [3.05, 3.63) is 25.3 Å². The predicted octanol–water partition coefficient (Wildman–Crippen LogP) is 1.25. The van der Waals surface area contributed by atoms with Gasteiger partial charge in [0.25, 0.3) is 11.8 Å². The van der Waals surface area contributed by atoms with E-state index in [-0.39, 0.29) is 90.1 Å². The number of nitrogens with one attached hydrogen (secondary N) is 12. The summed E-state index contributed by atoms with van der Waals surface area (Å²) in [7, 11) is 0. The minimum atomic E-state index is -1.53. The highest BCUT2D eigenvalue weighted by molar-refractivity contribution is 6.39. The van der Waals surface area contributed by atoms with E-state index in [4.69, 9.17) is 28.8 Å². The van der Waals surface area contributed by atoms with Gasteiger partial charge >= 0.3 is 41.9 Å². The smallest absolute Gasteiger partial charge is 0.410 e. The Morgan fingerprint density at radius 2 is 0.752 bits per heavy atom. The number of carboxylic acids is 2. The van der Waals surface area contributed by atoms with Crippen LogP contribution in [0.5, 0.6) is 0 Å². The maximum Gasteiger partial charge on any atom is 0.410 e. The summed E-state index contributed by atoms with van der Waals surface area (Å²) in [5.74, 6) is -21.7. The van der Waals surface area contributed by atoms with Crippen molar-refractivity contribution in [2.24, 2.45) is 23.7 Å². The van der Waals surface area contributed by atoms with Gasteiger partial charge in [0.1, 0.15) is 104 Å². The summed E-state index contributed by atoms with van der Waals surface area (Å²) in [6, 6.07) is -16.2. The quantitative estimate of drug-likeness (QED) is 0.0176. The molecule has 15 amide bonds. The Balaban J connectivity index is 0.000000943. The third kappa shape index (κ3) is 44.9. The number of ether oxygens (including phenoxy) is 5. The minimum Gasteiger partial charge on any atom is -0.481 e. The van der Waals surface area contributed by atoms with E-state index in [2.05, 4.69) is 77.0 Å². The van der Waals surface area contributed by atoms with E-state index in [0.29, 0.717) is 32.1 Å². The lowest BCUT2D eigenvalue weighted by molar-refractivity contribution is -0.156. The molecule has 0 radical (unpaired) electrons. The molecular weight excluding hydrogens is 1800 g/mol. The molecule has 3 rings (SSSR count). The first-order valence-corrected chi connectivity index (χ1v) is 46.4. The molecule has 770 valence electrons. The Bertz CT molecular complexity index is 4260. The van der Waals surface area contributed by atoms with Gasteiger partial charge in [-0.2, -0.15) is 0 Å². The lowest BCUT2D eigenvalue weighted by Crippen LogP contribution is -2.67. The van der Waals surface area contributed by atoms with Gasteiger partial charge in [-0.05, 0) is 150 Å². The Hall–Kier alpha value is -12.5. The second kappa shape index (κ2) is 58.8. The number of Topliss-reactive ketones (excluding diaryl/α,β-unsaturated/α-hetero) is 2. The number of likely N-dealkylation sites (tertiary alicyclic amines) is 1. The fourth-order valence-corrected chi connectivity index (χ4v) is 14.7. The Morgan fingerprint density at radius 1 is 0.387 bits per heavy atom. The predicted molar refractivity (Wildman–Crippen MR) is 492 cm³/mol. The van der Waals surface area contributed by atoms with Gasteiger partial charge < -0.3 is 112 Å². The van der Waals surface area contributed by atoms with Gasteiger partial charge in [0, 0.05) is 59.2 Å². The van der Waals surface area contributed by atoms with Crippen LogP contribution in [-0.4, -0.2) is 303 Å². The van der Waals surface area contributed by atoms with E-state index in [1.165, 1.54) is 22.0 Å². The first-order chi connectivity index (χ1) is 63.8. The number of carbonyl (C=O) groups excluding carboxylic acids is 21. The van der Waals surface area contributed by atoms with E-state index < -0.39 is 282 Å². The third-order valence-electron chi connectivity index (χ3n) is 21.3. The summed E-state index contributed by atoms with van der Waals surface area (Å²) in [5, 5.41) is 48.5. The second-order valence-corrected chi connectivity index (χ2v) is 37.7. The molecule has 2 heterocycles. The van der Waals surface area contributed by atoms with Crippen LogP contribution in [0.4, 0.5) is 4.79 Å². The van der Waals surface area contributed by atoms with E-state index in [1.54, 1.807) is 118 Å². The monoisotopic (exact) mass is 1940 g/mol. The highest BCUT2D eigenvalue weighted by atomic mass is 16.6. The number of esters is 4. The number of nitrogens with zero attached hydrogens (tertiary/aromatic N) is 3. The van der Waals surface area contributed by atoms with E-state index in [0.717, 1.165) is 38.0 Å². The number of hydrogen-bond donors (Lipinski definition) is 14. The normalized spacial score (nSPS) is 16.6. The average Bonchev–Trinajstić information content (AvgIpc) is 1.72. The fourth-order valence-electron chi connectivity index (χ4n) is 14.7. The van der Waals surface area contributed by atoms with E-state index in [1.807, 2.05) is 0 Å². The van der Waals surface area contributed by atoms with Crippen LogP contribution in [-0.2, 0) is 129 Å². The number of aliphatic carboxylic acids is 2. The SMILES string of the molecule is C=CCOC(=O)CNC(=O)C(=O)C(CCC)NC(=O)C1CN(C(=O)OC(C)(C)C)CCN1C(=O)C(NC(=O)[C@@H](NC(=O)[C@H](CCC(=O)OC(C)(C)C)NC(=O)[C@H](CCC(=O)OC(C)(C)C)NC(C)=O)C(C)C)C(C)C.C=CCOC(=O)CNC(=O)C(=O)C(CCC)NC(=O)[C@@H]1CCCN1C(=O)[C@@H](NC(=O)[C@@H](NC(=O)[C@H](CCC(=O)O)NC(=O)[C@H](CCC(=O)O)NC(C)=O)C(C)C)C1CCCCC1. The van der Waals surface area contributed by atoms with Crippen molar-refractivity contribution >= 4 is 136 Å². The molecule has 3 aliphatic rings. The van der Waals surface area contributed by atoms with E-state index >= 15 is 0 Å². The minimum absolute atomic E-state index is 0.0299. The maximum atomic E-state index is 14.7. The zero-order valence-corrected chi connectivity index (χ0v) is 82.6. The number of ketones is 2. The molecule has 1 aliphatic carbocycles. The summed E-state index contributed by atoms with van der Waals surface area (Å²) in [4.78, 5) is 306. The van der Waals surface area contributed by atoms with Crippen molar-refractivity contribution in [3.63, 3.8) is 0 Å². The zero-order chi connectivity index (χ0) is 104.